The lowest BCUT2D eigenvalue weighted by Gasteiger charge is -2.17. The molecule has 0 saturated carbocycles. The van der Waals surface area contributed by atoms with E-state index in [1.165, 1.54) is 22.4 Å². The third-order valence-electron chi connectivity index (χ3n) is 6.39. The average Bonchev–Trinajstić information content (AvgIpc) is 2.90. The molecule has 0 spiro atoms. The van der Waals surface area contributed by atoms with E-state index in [0.717, 1.165) is 33.6 Å². The lowest BCUT2D eigenvalue weighted by Crippen LogP contribution is -2.20. The van der Waals surface area contributed by atoms with E-state index < -0.39 is 0 Å². The fourth-order valence-electron chi connectivity index (χ4n) is 4.55. The van der Waals surface area contributed by atoms with Crippen molar-refractivity contribution in [2.75, 3.05) is 0 Å². The molecule has 2 nitrogen and oxygen atoms in total. The molecule has 0 bridgehead atoms. The van der Waals surface area contributed by atoms with E-state index in [-0.39, 0.29) is 0 Å². The van der Waals surface area contributed by atoms with E-state index in [1.54, 1.807) is 0 Å². The summed E-state index contributed by atoms with van der Waals surface area (Å²) < 4.78 is 2.22. The van der Waals surface area contributed by atoms with Gasteiger partial charge in [-0.05, 0) is 58.9 Å². The Labute approximate surface area is 205 Å². The van der Waals surface area contributed by atoms with Gasteiger partial charge < -0.3 is 0 Å². The number of para-hydroxylation sites is 1. The molecule has 4 aromatic carbocycles. The van der Waals surface area contributed by atoms with Crippen LogP contribution in [-0.2, 0) is 0 Å². The average molecular weight is 448 g/mol. The lowest BCUT2D eigenvalue weighted by molar-refractivity contribution is 1.05. The maximum absolute atomic E-state index is 4.54. The third kappa shape index (κ3) is 3.94. The Bertz CT molecular complexity index is 1640. The maximum atomic E-state index is 4.54. The van der Waals surface area contributed by atoms with Crippen molar-refractivity contribution in [3.8, 4) is 34.1 Å². The second kappa shape index (κ2) is 8.89. The van der Waals surface area contributed by atoms with Crippen LogP contribution in [0.3, 0.4) is 0 Å². The molecule has 0 amide bonds. The highest BCUT2D eigenvalue weighted by Gasteiger charge is 2.31. The van der Waals surface area contributed by atoms with E-state index in [2.05, 4.69) is 113 Å². The van der Waals surface area contributed by atoms with Crippen LogP contribution in [0.2, 0.25) is 0 Å². The molecule has 0 N–H and O–H groups in total. The first-order valence-corrected chi connectivity index (χ1v) is 11.7. The minimum atomic E-state index is 0.763. The molecule has 2 heterocycles. The van der Waals surface area contributed by atoms with Crippen LogP contribution >= 0.6 is 0 Å². The summed E-state index contributed by atoms with van der Waals surface area (Å²) >= 11 is 0. The summed E-state index contributed by atoms with van der Waals surface area (Å²) in [5.74, 6) is 6.85. The highest BCUT2D eigenvalue weighted by molar-refractivity contribution is 6.04. The van der Waals surface area contributed by atoms with E-state index in [9.17, 15) is 0 Å². The number of hydrogen-bond acceptors (Lipinski definition) is 1. The molecule has 2 heteroatoms. The van der Waals surface area contributed by atoms with Crippen LogP contribution < -0.4 is 4.58 Å². The van der Waals surface area contributed by atoms with Gasteiger partial charge in [-0.3, -0.25) is 0 Å². The van der Waals surface area contributed by atoms with E-state index >= 15 is 0 Å². The largest absolute Gasteiger partial charge is 0.248 e. The topological polar surface area (TPSA) is 15.9 Å². The number of aromatic nitrogens is 1. The van der Waals surface area contributed by atoms with Crippen molar-refractivity contribution in [1.82, 2.24) is 9.56 Å². The van der Waals surface area contributed by atoms with Crippen molar-refractivity contribution in [3.63, 3.8) is 0 Å². The van der Waals surface area contributed by atoms with Gasteiger partial charge in [-0.15, -0.1) is 0 Å². The molecule has 0 saturated heterocycles. The zero-order chi connectivity index (χ0) is 23.6. The molecule has 0 atom stereocenters. The van der Waals surface area contributed by atoms with Gasteiger partial charge in [0.1, 0.15) is 11.3 Å². The first-order valence-electron chi connectivity index (χ1n) is 11.7. The Hall–Kier alpha value is -4.74. The van der Waals surface area contributed by atoms with Gasteiger partial charge >= 0.3 is 0 Å². The summed E-state index contributed by atoms with van der Waals surface area (Å²) in [6.45, 7) is 2.15. The smallest absolute Gasteiger partial charge is 0.225 e. The predicted molar refractivity (Wildman–Crippen MR) is 145 cm³/mol. The Morgan fingerprint density at radius 2 is 1.40 bits per heavy atom. The SMILES string of the molecule is Cc1ccccc1-c1ccc2c(c1C#Cc1cc(-c3ccccc3)ccn1)C=[N+]2c1ccccc1. The van der Waals surface area contributed by atoms with Crippen molar-refractivity contribution < 1.29 is 0 Å². The predicted octanol–water partition coefficient (Wildman–Crippen LogP) is 7.39. The first kappa shape index (κ1) is 20.8. The molecule has 35 heavy (non-hydrogen) atoms. The fourth-order valence-corrected chi connectivity index (χ4v) is 4.55. The quantitative estimate of drug-likeness (QED) is 0.204. The molecule has 1 aliphatic rings. The Balaban J connectivity index is 1.47. The van der Waals surface area contributed by atoms with Crippen molar-refractivity contribution in [2.45, 2.75) is 6.92 Å². The summed E-state index contributed by atoms with van der Waals surface area (Å²) in [6.07, 6.45) is 4.02. The number of rotatable bonds is 3. The van der Waals surface area contributed by atoms with Gasteiger partial charge in [-0.2, -0.15) is 4.58 Å². The van der Waals surface area contributed by atoms with E-state index in [0.29, 0.717) is 0 Å². The second-order valence-electron chi connectivity index (χ2n) is 8.62. The van der Waals surface area contributed by atoms with Crippen molar-refractivity contribution in [2.24, 2.45) is 0 Å². The molecule has 1 aromatic heterocycles. The number of nitrogens with zero attached hydrogens (tertiary/aromatic N) is 2. The normalized spacial score (nSPS) is 11.5. The molecular formula is C33H23N2+. The van der Waals surface area contributed by atoms with E-state index in [4.69, 9.17) is 0 Å². The molecule has 1 aliphatic heterocycles. The van der Waals surface area contributed by atoms with Crippen LogP contribution in [0.25, 0.3) is 22.3 Å². The minimum absolute atomic E-state index is 0.763. The Kier molecular flexibility index (Phi) is 5.29. The van der Waals surface area contributed by atoms with Gasteiger partial charge in [0.2, 0.25) is 11.4 Å². The van der Waals surface area contributed by atoms with Crippen molar-refractivity contribution in [3.05, 3.63) is 138 Å². The van der Waals surface area contributed by atoms with E-state index in [1.807, 2.05) is 36.5 Å². The highest BCUT2D eigenvalue weighted by Crippen LogP contribution is 2.38. The van der Waals surface area contributed by atoms with Crippen molar-refractivity contribution >= 4 is 17.6 Å². The standard InChI is InChI=1S/C33H23N2/c1-24-10-8-9-15-29(24)30-18-19-33-32(23-35(33)28-13-6-3-7-14-28)31(30)17-16-27-22-26(20-21-34-27)25-11-4-2-5-12-25/h2-15,18-23H,1H3/q+1. The van der Waals surface area contributed by atoms with Gasteiger partial charge in [-0.25, -0.2) is 4.98 Å². The van der Waals surface area contributed by atoms with Gasteiger partial charge in [0.15, 0.2) is 6.21 Å². The number of fused-ring (bicyclic) bond motifs is 1. The molecule has 0 radical (unpaired) electrons. The van der Waals surface area contributed by atoms with Crippen LogP contribution in [0.5, 0.6) is 0 Å². The number of aryl methyl sites for hydroxylation is 1. The molecule has 0 fully saturated rings. The highest BCUT2D eigenvalue weighted by atomic mass is 15.1. The summed E-state index contributed by atoms with van der Waals surface area (Å²) in [6, 6.07) is 37.7. The Morgan fingerprint density at radius 3 is 2.20 bits per heavy atom. The zero-order valence-electron chi connectivity index (χ0n) is 19.4. The second-order valence-corrected chi connectivity index (χ2v) is 8.62. The molecule has 0 aliphatic carbocycles. The molecule has 0 unspecified atom stereocenters. The first-order chi connectivity index (χ1) is 17.3. The number of benzene rings is 4. The van der Waals surface area contributed by atoms with Crippen molar-refractivity contribution in [1.29, 1.82) is 0 Å². The summed E-state index contributed by atoms with van der Waals surface area (Å²) in [5, 5.41) is 0. The lowest BCUT2D eigenvalue weighted by atomic mass is 9.90. The minimum Gasteiger partial charge on any atom is -0.248 e. The summed E-state index contributed by atoms with van der Waals surface area (Å²) in [7, 11) is 0. The fraction of sp³-hybridized carbons (Fsp3) is 0.0303. The Morgan fingerprint density at radius 1 is 0.657 bits per heavy atom. The zero-order valence-corrected chi connectivity index (χ0v) is 19.4. The van der Waals surface area contributed by atoms with Crippen LogP contribution in [0, 0.1) is 18.8 Å². The molecule has 6 rings (SSSR count). The van der Waals surface area contributed by atoms with Gasteiger partial charge in [-0.1, -0.05) is 78.7 Å². The van der Waals surface area contributed by atoms with Gasteiger partial charge in [0, 0.05) is 24.4 Å². The van der Waals surface area contributed by atoms with Crippen LogP contribution in [-0.4, -0.2) is 11.2 Å². The summed E-state index contributed by atoms with van der Waals surface area (Å²) in [5.41, 5.74) is 11.2. The number of hydrogen-bond donors (Lipinski definition) is 0. The maximum Gasteiger partial charge on any atom is 0.225 e. The molecule has 5 aromatic rings. The summed E-state index contributed by atoms with van der Waals surface area (Å²) in [4.78, 5) is 4.54. The van der Waals surface area contributed by atoms with Crippen LogP contribution in [0.15, 0.2) is 115 Å². The van der Waals surface area contributed by atoms with Gasteiger partial charge in [0.25, 0.3) is 0 Å². The van der Waals surface area contributed by atoms with Gasteiger partial charge in [0.05, 0.1) is 5.56 Å². The third-order valence-corrected chi connectivity index (χ3v) is 6.39. The van der Waals surface area contributed by atoms with Crippen LogP contribution in [0.4, 0.5) is 11.4 Å². The molecular weight excluding hydrogens is 424 g/mol. The monoisotopic (exact) mass is 447 g/mol. The number of pyridine rings is 1. The van der Waals surface area contributed by atoms with Crippen LogP contribution in [0.1, 0.15) is 22.4 Å². The molecule has 164 valence electrons.